The van der Waals surface area contributed by atoms with Crippen LogP contribution in [0, 0.1) is 0 Å². The van der Waals surface area contributed by atoms with Gasteiger partial charge in [-0.25, -0.2) is 4.21 Å². The van der Waals surface area contributed by atoms with E-state index < -0.39 is 11.0 Å². The third kappa shape index (κ3) is 1.02. The van der Waals surface area contributed by atoms with E-state index in [1.807, 2.05) is 12.1 Å². The van der Waals surface area contributed by atoms with Crippen molar-refractivity contribution in [1.82, 2.24) is 9.88 Å². The number of pyridine rings is 1. The summed E-state index contributed by atoms with van der Waals surface area (Å²) in [5.41, 5.74) is 0. The zero-order valence-electron chi connectivity index (χ0n) is 7.51. The molecule has 0 bridgehead atoms. The van der Waals surface area contributed by atoms with Crippen molar-refractivity contribution in [2.24, 2.45) is 4.40 Å². The maximum Gasteiger partial charge on any atom is 0.192 e. The van der Waals surface area contributed by atoms with Crippen molar-refractivity contribution in [3.8, 4) is 0 Å². The number of fused-ring (bicyclic) bond motifs is 1. The fourth-order valence-electron chi connectivity index (χ4n) is 1.63. The van der Waals surface area contributed by atoms with Crippen LogP contribution in [0.4, 0.5) is 0 Å². The molecule has 0 aromatic carbocycles. The average molecular weight is 207 g/mol. The van der Waals surface area contributed by atoms with Crippen LogP contribution in [-0.4, -0.2) is 27.2 Å². The van der Waals surface area contributed by atoms with Gasteiger partial charge in [-0.2, -0.15) is 4.40 Å². The molecule has 4 nitrogen and oxygen atoms in total. The molecule has 1 aromatic heterocycles. The molecular weight excluding hydrogens is 198 g/mol. The van der Waals surface area contributed by atoms with E-state index in [4.69, 9.17) is 0 Å². The standard InChI is InChI=1S/C9H9N3OS/c13-14-9(12-5-2-6-12)8-7(11-14)3-1-4-10-8/h1,3-4H,2,5-6H2. The summed E-state index contributed by atoms with van der Waals surface area (Å²) in [5.74, 6) is 0. The summed E-state index contributed by atoms with van der Waals surface area (Å²) in [5, 5.41) is 2.35. The minimum Gasteiger partial charge on any atom is -0.361 e. The van der Waals surface area contributed by atoms with Crippen LogP contribution < -0.4 is 10.7 Å². The molecule has 72 valence electrons. The molecule has 0 radical (unpaired) electrons. The smallest absolute Gasteiger partial charge is 0.192 e. The molecule has 0 aliphatic carbocycles. The van der Waals surface area contributed by atoms with Crippen LogP contribution in [-0.2, 0) is 11.0 Å². The summed E-state index contributed by atoms with van der Waals surface area (Å²) in [6, 6.07) is 3.67. The lowest BCUT2D eigenvalue weighted by Crippen LogP contribution is -2.41. The molecule has 2 aliphatic heterocycles. The van der Waals surface area contributed by atoms with E-state index in [9.17, 15) is 4.21 Å². The normalized spacial score (nSPS) is 24.1. The summed E-state index contributed by atoms with van der Waals surface area (Å²) >= 11 is 0. The third-order valence-electron chi connectivity index (χ3n) is 2.48. The molecule has 0 amide bonds. The summed E-state index contributed by atoms with van der Waals surface area (Å²) in [6.45, 7) is 1.96. The van der Waals surface area contributed by atoms with Crippen molar-refractivity contribution in [3.63, 3.8) is 0 Å². The van der Waals surface area contributed by atoms with Crippen molar-refractivity contribution >= 4 is 16.0 Å². The van der Waals surface area contributed by atoms with Gasteiger partial charge < -0.3 is 4.90 Å². The topological polar surface area (TPSA) is 45.6 Å². The molecule has 1 fully saturated rings. The Morgan fingerprint density at radius 1 is 1.43 bits per heavy atom. The van der Waals surface area contributed by atoms with Gasteiger partial charge in [0.2, 0.25) is 0 Å². The van der Waals surface area contributed by atoms with Gasteiger partial charge in [-0.3, -0.25) is 4.98 Å². The highest BCUT2D eigenvalue weighted by Crippen LogP contribution is 2.18. The number of likely N-dealkylation sites (tertiary alicyclic amines) is 1. The Hall–Kier alpha value is -1.23. The lowest BCUT2D eigenvalue weighted by molar-refractivity contribution is 0.287. The summed E-state index contributed by atoms with van der Waals surface area (Å²) < 4.78 is 15.8. The first-order valence-electron chi connectivity index (χ1n) is 4.57. The second kappa shape index (κ2) is 2.88. The van der Waals surface area contributed by atoms with E-state index in [-0.39, 0.29) is 0 Å². The van der Waals surface area contributed by atoms with Gasteiger partial charge >= 0.3 is 0 Å². The van der Waals surface area contributed by atoms with Crippen molar-refractivity contribution < 1.29 is 4.21 Å². The van der Waals surface area contributed by atoms with Crippen LogP contribution in [0.2, 0.25) is 0 Å². The van der Waals surface area contributed by atoms with E-state index in [0.717, 1.165) is 28.8 Å². The number of nitrogens with zero attached hydrogens (tertiary/aromatic N) is 3. The van der Waals surface area contributed by atoms with E-state index in [2.05, 4.69) is 14.3 Å². The Morgan fingerprint density at radius 3 is 3.00 bits per heavy atom. The predicted octanol–water partition coefficient (Wildman–Crippen LogP) is -0.850. The highest BCUT2D eigenvalue weighted by atomic mass is 32.2. The Morgan fingerprint density at radius 2 is 2.29 bits per heavy atom. The molecule has 0 N–H and O–H groups in total. The molecule has 2 aliphatic rings. The highest BCUT2D eigenvalue weighted by molar-refractivity contribution is 7.92. The molecule has 1 aromatic rings. The number of aromatic nitrogens is 1. The van der Waals surface area contributed by atoms with Gasteiger partial charge in [-0.15, -0.1) is 0 Å². The van der Waals surface area contributed by atoms with Crippen LogP contribution >= 0.6 is 0 Å². The lowest BCUT2D eigenvalue weighted by Gasteiger charge is -2.32. The summed E-state index contributed by atoms with van der Waals surface area (Å²) in [7, 11) is -1.23. The van der Waals surface area contributed by atoms with E-state index >= 15 is 0 Å². The summed E-state index contributed by atoms with van der Waals surface area (Å²) in [6.07, 6.45) is 2.89. The van der Waals surface area contributed by atoms with Gasteiger partial charge in [0.25, 0.3) is 0 Å². The van der Waals surface area contributed by atoms with Crippen molar-refractivity contribution in [1.29, 1.82) is 0 Å². The maximum absolute atomic E-state index is 11.7. The Labute approximate surface area is 83.6 Å². The maximum atomic E-state index is 11.7. The molecule has 1 unspecified atom stereocenters. The molecule has 1 saturated heterocycles. The molecule has 5 heteroatoms. The predicted molar refractivity (Wildman–Crippen MR) is 52.8 cm³/mol. The molecule has 3 rings (SSSR count). The number of hydrogen-bond acceptors (Lipinski definition) is 3. The summed E-state index contributed by atoms with van der Waals surface area (Å²) in [4.78, 5) is 6.32. The molecular formula is C9H9N3OS. The van der Waals surface area contributed by atoms with Gasteiger partial charge in [0.15, 0.2) is 16.0 Å². The van der Waals surface area contributed by atoms with E-state index in [1.54, 1.807) is 6.20 Å². The molecule has 0 saturated carbocycles. The quantitative estimate of drug-likeness (QED) is 0.602. The van der Waals surface area contributed by atoms with Crippen LogP contribution in [0.5, 0.6) is 0 Å². The highest BCUT2D eigenvalue weighted by Gasteiger charge is 2.26. The molecule has 14 heavy (non-hydrogen) atoms. The Kier molecular flexibility index (Phi) is 1.67. The van der Waals surface area contributed by atoms with Crippen molar-refractivity contribution in [2.45, 2.75) is 6.42 Å². The van der Waals surface area contributed by atoms with Gasteiger partial charge in [0.1, 0.15) is 10.7 Å². The fourth-order valence-corrected chi connectivity index (χ4v) is 2.77. The van der Waals surface area contributed by atoms with E-state index in [0.29, 0.717) is 0 Å². The first-order chi connectivity index (χ1) is 6.86. The first-order valence-corrected chi connectivity index (χ1v) is 5.68. The van der Waals surface area contributed by atoms with Crippen LogP contribution in [0.3, 0.4) is 0 Å². The van der Waals surface area contributed by atoms with Crippen LogP contribution in [0.15, 0.2) is 22.7 Å². The van der Waals surface area contributed by atoms with Crippen LogP contribution in [0.25, 0.3) is 5.03 Å². The molecule has 0 spiro atoms. The van der Waals surface area contributed by atoms with E-state index in [1.165, 1.54) is 6.42 Å². The average Bonchev–Trinajstić information content (AvgIpc) is 2.41. The monoisotopic (exact) mass is 207 g/mol. The SMILES string of the molecule is O=S1N=c2cccnc2=C1N1CCC1. The van der Waals surface area contributed by atoms with Gasteiger partial charge in [0, 0.05) is 19.3 Å². The number of rotatable bonds is 1. The lowest BCUT2D eigenvalue weighted by atomic mass is 10.2. The molecule has 3 heterocycles. The third-order valence-corrected chi connectivity index (χ3v) is 3.62. The van der Waals surface area contributed by atoms with Crippen molar-refractivity contribution in [3.05, 3.63) is 29.0 Å². The minimum atomic E-state index is -1.23. The second-order valence-corrected chi connectivity index (χ2v) is 4.42. The van der Waals surface area contributed by atoms with Crippen LogP contribution in [0.1, 0.15) is 6.42 Å². The largest absolute Gasteiger partial charge is 0.361 e. The Balaban J connectivity index is 2.28. The number of hydrogen-bond donors (Lipinski definition) is 0. The van der Waals surface area contributed by atoms with Gasteiger partial charge in [-0.1, -0.05) is 0 Å². The van der Waals surface area contributed by atoms with Gasteiger partial charge in [0.05, 0.1) is 0 Å². The zero-order chi connectivity index (χ0) is 9.54. The first kappa shape index (κ1) is 8.11. The van der Waals surface area contributed by atoms with Crippen molar-refractivity contribution in [2.75, 3.05) is 13.1 Å². The minimum absolute atomic E-state index is 0.757. The van der Waals surface area contributed by atoms with Gasteiger partial charge in [-0.05, 0) is 18.6 Å². The zero-order valence-corrected chi connectivity index (χ0v) is 8.33. The molecule has 1 atom stereocenters. The fraction of sp³-hybridized carbons (Fsp3) is 0.333. The Bertz CT molecular complexity index is 521. The second-order valence-electron chi connectivity index (χ2n) is 3.36.